The van der Waals surface area contributed by atoms with E-state index in [1.165, 1.54) is 51.6 Å². The van der Waals surface area contributed by atoms with Crippen LogP contribution in [-0.2, 0) is 11.3 Å². The van der Waals surface area contributed by atoms with E-state index in [1.807, 2.05) is 24.7 Å². The largest absolute Gasteiger partial charge is 0.483 e. The molecular formula is C20H28N4O2. The van der Waals surface area contributed by atoms with Crippen molar-refractivity contribution in [1.29, 1.82) is 0 Å². The number of carboxylic acid groups (broad SMARTS) is 1. The number of nitrogens with zero attached hydrogens (tertiary/aromatic N) is 4. The summed E-state index contributed by atoms with van der Waals surface area (Å²) in [6, 6.07) is 4.91. The van der Waals surface area contributed by atoms with Crippen LogP contribution in [0.25, 0.3) is 11.4 Å². The van der Waals surface area contributed by atoms with Crippen molar-refractivity contribution >= 4 is 6.47 Å². The number of hydrogen-bond donors (Lipinski definition) is 1. The summed E-state index contributed by atoms with van der Waals surface area (Å²) in [5.41, 5.74) is 1.11. The van der Waals surface area contributed by atoms with Gasteiger partial charge in [-0.25, -0.2) is 4.98 Å². The van der Waals surface area contributed by atoms with E-state index in [4.69, 9.17) is 9.90 Å². The first-order valence-corrected chi connectivity index (χ1v) is 9.57. The second-order valence-corrected chi connectivity index (χ2v) is 7.08. The molecule has 0 saturated carbocycles. The molecule has 0 amide bonds. The second-order valence-electron chi connectivity index (χ2n) is 7.08. The van der Waals surface area contributed by atoms with Crippen molar-refractivity contribution in [1.82, 2.24) is 19.4 Å². The summed E-state index contributed by atoms with van der Waals surface area (Å²) in [4.78, 5) is 19.9. The zero-order valence-corrected chi connectivity index (χ0v) is 15.2. The number of carbonyl (C=O) groups is 1. The molecule has 0 aliphatic carbocycles. The standard InChI is InChI=1S/C19H26N4.CH2O2/c1-2-11-22-12-4-6-16(18(22)7-1)8-13-23-14-10-21-19(23)17-5-3-9-20-15-17;2-1-3/h3,5,9-10,14-16,18H,1-2,4,6-8,11-13H2;1H,(H,2,3)/t16-,18+;/m0./s1. The molecule has 6 nitrogen and oxygen atoms in total. The Morgan fingerprint density at radius 2 is 2.04 bits per heavy atom. The Morgan fingerprint density at radius 1 is 1.19 bits per heavy atom. The first-order chi connectivity index (χ1) is 12.8. The lowest BCUT2D eigenvalue weighted by Crippen LogP contribution is -2.48. The summed E-state index contributed by atoms with van der Waals surface area (Å²) in [5, 5.41) is 6.89. The van der Waals surface area contributed by atoms with Gasteiger partial charge in [-0.05, 0) is 63.2 Å². The van der Waals surface area contributed by atoms with E-state index in [0.717, 1.165) is 29.9 Å². The van der Waals surface area contributed by atoms with Gasteiger partial charge in [0.15, 0.2) is 0 Å². The Morgan fingerprint density at radius 3 is 2.85 bits per heavy atom. The minimum Gasteiger partial charge on any atom is -0.483 e. The maximum Gasteiger partial charge on any atom is 0.290 e. The van der Waals surface area contributed by atoms with Gasteiger partial charge in [0, 0.05) is 42.9 Å². The van der Waals surface area contributed by atoms with Crippen molar-refractivity contribution in [2.24, 2.45) is 5.92 Å². The van der Waals surface area contributed by atoms with Crippen LogP contribution in [0.4, 0.5) is 0 Å². The number of piperidine rings is 2. The highest BCUT2D eigenvalue weighted by Crippen LogP contribution is 2.33. The van der Waals surface area contributed by atoms with Crippen molar-refractivity contribution in [3.05, 3.63) is 36.9 Å². The molecule has 4 heterocycles. The van der Waals surface area contributed by atoms with Crippen LogP contribution in [0.5, 0.6) is 0 Å². The van der Waals surface area contributed by atoms with Crippen molar-refractivity contribution in [3.8, 4) is 11.4 Å². The lowest BCUT2D eigenvalue weighted by molar-refractivity contribution is -0.122. The van der Waals surface area contributed by atoms with E-state index >= 15 is 0 Å². The Labute approximate surface area is 154 Å². The van der Waals surface area contributed by atoms with E-state index in [9.17, 15) is 0 Å². The maximum absolute atomic E-state index is 8.36. The number of imidazole rings is 1. The molecular weight excluding hydrogens is 328 g/mol. The first kappa shape index (κ1) is 18.6. The number of hydrogen-bond acceptors (Lipinski definition) is 4. The molecule has 2 atom stereocenters. The van der Waals surface area contributed by atoms with Gasteiger partial charge in [0.1, 0.15) is 5.82 Å². The first-order valence-electron chi connectivity index (χ1n) is 9.57. The minimum atomic E-state index is -0.250. The number of aromatic nitrogens is 3. The Bertz CT molecular complexity index is 671. The van der Waals surface area contributed by atoms with Crippen LogP contribution in [0.3, 0.4) is 0 Å². The number of fused-ring (bicyclic) bond motifs is 1. The Hall–Kier alpha value is -2.21. The van der Waals surface area contributed by atoms with Gasteiger partial charge in [-0.1, -0.05) is 6.42 Å². The summed E-state index contributed by atoms with van der Waals surface area (Å²) in [6.07, 6.45) is 16.0. The van der Waals surface area contributed by atoms with Crippen LogP contribution in [0, 0.1) is 5.92 Å². The molecule has 0 radical (unpaired) electrons. The number of pyridine rings is 1. The third-order valence-corrected chi connectivity index (χ3v) is 5.60. The molecule has 2 aliphatic rings. The molecule has 2 fully saturated rings. The van der Waals surface area contributed by atoms with E-state index in [-0.39, 0.29) is 6.47 Å². The Balaban J connectivity index is 0.000000613. The maximum atomic E-state index is 8.36. The smallest absolute Gasteiger partial charge is 0.290 e. The average Bonchev–Trinajstić information content (AvgIpc) is 3.16. The highest BCUT2D eigenvalue weighted by atomic mass is 16.3. The molecule has 140 valence electrons. The molecule has 1 N–H and O–H groups in total. The molecule has 26 heavy (non-hydrogen) atoms. The van der Waals surface area contributed by atoms with E-state index in [2.05, 4.69) is 31.7 Å². The second kappa shape index (κ2) is 9.48. The molecule has 2 aliphatic heterocycles. The predicted molar refractivity (Wildman–Crippen MR) is 101 cm³/mol. The molecule has 4 rings (SSSR count). The summed E-state index contributed by atoms with van der Waals surface area (Å²) in [7, 11) is 0. The zero-order valence-electron chi connectivity index (χ0n) is 15.2. The van der Waals surface area contributed by atoms with Gasteiger partial charge in [0.2, 0.25) is 0 Å². The van der Waals surface area contributed by atoms with Gasteiger partial charge in [-0.15, -0.1) is 0 Å². The highest BCUT2D eigenvalue weighted by Gasteiger charge is 2.32. The molecule has 0 bridgehead atoms. The molecule has 6 heteroatoms. The quantitative estimate of drug-likeness (QED) is 0.851. The van der Waals surface area contributed by atoms with Crippen molar-refractivity contribution in [3.63, 3.8) is 0 Å². The van der Waals surface area contributed by atoms with Gasteiger partial charge in [0.25, 0.3) is 6.47 Å². The highest BCUT2D eigenvalue weighted by molar-refractivity contribution is 5.53. The van der Waals surface area contributed by atoms with Crippen LogP contribution >= 0.6 is 0 Å². The molecule has 0 spiro atoms. The summed E-state index contributed by atoms with van der Waals surface area (Å²) >= 11 is 0. The minimum absolute atomic E-state index is 0.250. The van der Waals surface area contributed by atoms with Gasteiger partial charge in [-0.3, -0.25) is 9.78 Å². The SMILES string of the molecule is O=CO.c1cncc(-c2nccn2CC[C@@H]2CCCN3CCCC[C@H]23)c1. The zero-order chi connectivity index (χ0) is 18.2. The molecule has 0 unspecified atom stereocenters. The Kier molecular flexibility index (Phi) is 6.77. The fourth-order valence-electron chi connectivity index (χ4n) is 4.46. The van der Waals surface area contributed by atoms with Crippen molar-refractivity contribution in [2.45, 2.75) is 51.1 Å². The normalized spacial score (nSPS) is 22.8. The van der Waals surface area contributed by atoms with Crippen LogP contribution < -0.4 is 0 Å². The summed E-state index contributed by atoms with van der Waals surface area (Å²) in [6.45, 7) is 3.47. The van der Waals surface area contributed by atoms with Crippen LogP contribution in [0.1, 0.15) is 38.5 Å². The third-order valence-electron chi connectivity index (χ3n) is 5.60. The predicted octanol–water partition coefficient (Wildman–Crippen LogP) is 3.30. The van der Waals surface area contributed by atoms with Gasteiger partial charge in [0.05, 0.1) is 0 Å². The van der Waals surface area contributed by atoms with E-state index in [1.54, 1.807) is 0 Å². The lowest BCUT2D eigenvalue weighted by atomic mass is 9.81. The van der Waals surface area contributed by atoms with Crippen molar-refractivity contribution in [2.75, 3.05) is 13.1 Å². The van der Waals surface area contributed by atoms with Crippen LogP contribution in [0.15, 0.2) is 36.9 Å². The number of aryl methyl sites for hydroxylation is 1. The molecule has 2 saturated heterocycles. The van der Waals surface area contributed by atoms with Gasteiger partial charge >= 0.3 is 0 Å². The van der Waals surface area contributed by atoms with Crippen LogP contribution in [-0.4, -0.2) is 50.1 Å². The lowest BCUT2D eigenvalue weighted by Gasteiger charge is -2.44. The van der Waals surface area contributed by atoms with Crippen LogP contribution in [0.2, 0.25) is 0 Å². The topological polar surface area (TPSA) is 71.2 Å². The summed E-state index contributed by atoms with van der Waals surface area (Å²) < 4.78 is 2.30. The van der Waals surface area contributed by atoms with Gasteiger partial charge in [-0.2, -0.15) is 0 Å². The molecule has 0 aromatic carbocycles. The van der Waals surface area contributed by atoms with Gasteiger partial charge < -0.3 is 14.6 Å². The average molecular weight is 356 g/mol. The summed E-state index contributed by atoms with van der Waals surface area (Å²) in [5.74, 6) is 1.91. The van der Waals surface area contributed by atoms with Crippen molar-refractivity contribution < 1.29 is 9.90 Å². The van der Waals surface area contributed by atoms with E-state index < -0.39 is 0 Å². The van der Waals surface area contributed by atoms with E-state index in [0.29, 0.717) is 0 Å². The fraction of sp³-hybridized carbons (Fsp3) is 0.550. The monoisotopic (exact) mass is 356 g/mol. The molecule has 2 aromatic heterocycles. The number of rotatable bonds is 4. The molecule has 2 aromatic rings. The third kappa shape index (κ3) is 4.49. The fourth-order valence-corrected chi connectivity index (χ4v) is 4.46.